The predicted octanol–water partition coefficient (Wildman–Crippen LogP) is 4.11. The highest BCUT2D eigenvalue weighted by molar-refractivity contribution is 6.18. The molecule has 7 heteroatoms. The Kier molecular flexibility index (Phi) is 5.17. The van der Waals surface area contributed by atoms with Crippen molar-refractivity contribution in [1.29, 1.82) is 0 Å². The normalized spacial score (nSPS) is 22.0. The standard InChI is InChI=1S/C23H25N5O2/c29-23(27-14-6-11-17-8-4-5-13-20(17)27)21(16-19-12-7-15-30-19)28-22(24-25-26-28)18-9-2-1-3-10-18/h1-3,7,9-10,12,15-17,20H,4-6,8,11,13-14H2/b21-16-. The molecule has 2 aromatic heterocycles. The molecule has 0 bridgehead atoms. The maximum Gasteiger partial charge on any atom is 0.273 e. The van der Waals surface area contributed by atoms with Crippen molar-refractivity contribution in [2.24, 2.45) is 5.92 Å². The molecule has 1 saturated heterocycles. The van der Waals surface area contributed by atoms with E-state index in [1.165, 1.54) is 25.7 Å². The van der Waals surface area contributed by atoms with Crippen molar-refractivity contribution in [2.75, 3.05) is 6.54 Å². The highest BCUT2D eigenvalue weighted by Crippen LogP contribution is 2.36. The quantitative estimate of drug-likeness (QED) is 0.613. The molecule has 2 fully saturated rings. The summed E-state index contributed by atoms with van der Waals surface area (Å²) >= 11 is 0. The maximum atomic E-state index is 13.9. The van der Waals surface area contributed by atoms with Gasteiger partial charge in [-0.05, 0) is 54.2 Å². The van der Waals surface area contributed by atoms with Gasteiger partial charge in [0, 0.05) is 24.2 Å². The molecule has 30 heavy (non-hydrogen) atoms. The lowest BCUT2D eigenvalue weighted by Crippen LogP contribution is -2.50. The number of fused-ring (bicyclic) bond motifs is 1. The molecule has 154 valence electrons. The minimum atomic E-state index is -0.0347. The Morgan fingerprint density at radius 3 is 2.70 bits per heavy atom. The van der Waals surface area contributed by atoms with E-state index in [1.54, 1.807) is 17.0 Å². The smallest absolute Gasteiger partial charge is 0.273 e. The Hall–Kier alpha value is -3.22. The first-order valence-electron chi connectivity index (χ1n) is 10.7. The van der Waals surface area contributed by atoms with Crippen LogP contribution in [0.4, 0.5) is 0 Å². The van der Waals surface area contributed by atoms with E-state index in [1.807, 2.05) is 42.5 Å². The van der Waals surface area contributed by atoms with E-state index in [0.29, 0.717) is 29.2 Å². The highest BCUT2D eigenvalue weighted by Gasteiger charge is 2.37. The molecule has 5 rings (SSSR count). The minimum absolute atomic E-state index is 0.0347. The number of furan rings is 1. The number of likely N-dealkylation sites (tertiary alicyclic amines) is 1. The zero-order chi connectivity index (χ0) is 20.3. The lowest BCUT2D eigenvalue weighted by atomic mass is 9.78. The zero-order valence-corrected chi connectivity index (χ0v) is 16.9. The SMILES string of the molecule is O=C(/C(=C/c1ccco1)n1nnnc1-c1ccccc1)N1CCCC2CCCCC21. The van der Waals surface area contributed by atoms with Gasteiger partial charge in [0.25, 0.3) is 5.91 Å². The second kappa shape index (κ2) is 8.26. The molecule has 1 saturated carbocycles. The summed E-state index contributed by atoms with van der Waals surface area (Å²) in [6.07, 6.45) is 10.3. The Labute approximate surface area is 175 Å². The molecule has 7 nitrogen and oxygen atoms in total. The monoisotopic (exact) mass is 403 g/mol. The van der Waals surface area contributed by atoms with Gasteiger partial charge in [0.05, 0.1) is 6.26 Å². The van der Waals surface area contributed by atoms with Gasteiger partial charge in [0.1, 0.15) is 11.5 Å². The zero-order valence-electron chi connectivity index (χ0n) is 16.9. The number of rotatable bonds is 4. The minimum Gasteiger partial charge on any atom is -0.465 e. The number of piperidine rings is 1. The van der Waals surface area contributed by atoms with Crippen LogP contribution in [0.3, 0.4) is 0 Å². The van der Waals surface area contributed by atoms with Crippen LogP contribution in [-0.4, -0.2) is 43.6 Å². The molecule has 1 amide bonds. The fourth-order valence-electron chi connectivity index (χ4n) is 4.86. The molecule has 1 aliphatic heterocycles. The molecular weight excluding hydrogens is 378 g/mol. The van der Waals surface area contributed by atoms with E-state index < -0.39 is 0 Å². The van der Waals surface area contributed by atoms with Crippen LogP contribution in [0.5, 0.6) is 0 Å². The average Bonchev–Trinajstić information content (AvgIpc) is 3.49. The Morgan fingerprint density at radius 2 is 1.87 bits per heavy atom. The van der Waals surface area contributed by atoms with E-state index in [4.69, 9.17) is 4.42 Å². The van der Waals surface area contributed by atoms with Gasteiger partial charge in [-0.1, -0.05) is 43.2 Å². The third-order valence-corrected chi connectivity index (χ3v) is 6.28. The van der Waals surface area contributed by atoms with Crippen molar-refractivity contribution in [3.05, 3.63) is 54.5 Å². The van der Waals surface area contributed by atoms with Gasteiger partial charge in [-0.25, -0.2) is 0 Å². The van der Waals surface area contributed by atoms with E-state index in [2.05, 4.69) is 20.4 Å². The number of tetrazole rings is 1. The second-order valence-electron chi connectivity index (χ2n) is 8.08. The van der Waals surface area contributed by atoms with Crippen molar-refractivity contribution >= 4 is 17.7 Å². The molecule has 0 N–H and O–H groups in total. The van der Waals surface area contributed by atoms with Gasteiger partial charge >= 0.3 is 0 Å². The first-order chi connectivity index (χ1) is 14.8. The third-order valence-electron chi connectivity index (χ3n) is 6.28. The Morgan fingerprint density at radius 1 is 1.03 bits per heavy atom. The number of amides is 1. The second-order valence-corrected chi connectivity index (χ2v) is 8.08. The van der Waals surface area contributed by atoms with Gasteiger partial charge in [0.2, 0.25) is 0 Å². The molecule has 1 aliphatic carbocycles. The van der Waals surface area contributed by atoms with Gasteiger partial charge < -0.3 is 9.32 Å². The summed E-state index contributed by atoms with van der Waals surface area (Å²) in [4.78, 5) is 15.9. The lowest BCUT2D eigenvalue weighted by molar-refractivity contribution is -0.131. The molecule has 0 spiro atoms. The van der Waals surface area contributed by atoms with E-state index in [0.717, 1.165) is 24.9 Å². The summed E-state index contributed by atoms with van der Waals surface area (Å²) in [5, 5.41) is 12.3. The van der Waals surface area contributed by atoms with Crippen LogP contribution >= 0.6 is 0 Å². The van der Waals surface area contributed by atoms with Crippen LogP contribution in [0.2, 0.25) is 0 Å². The lowest BCUT2D eigenvalue weighted by Gasteiger charge is -2.44. The van der Waals surface area contributed by atoms with Crippen LogP contribution in [-0.2, 0) is 4.79 Å². The summed E-state index contributed by atoms with van der Waals surface area (Å²) in [7, 11) is 0. The van der Waals surface area contributed by atoms with Gasteiger partial charge in [-0.2, -0.15) is 4.68 Å². The van der Waals surface area contributed by atoms with Crippen molar-refractivity contribution in [3.63, 3.8) is 0 Å². The number of benzene rings is 1. The number of hydrogen-bond acceptors (Lipinski definition) is 5. The van der Waals surface area contributed by atoms with Crippen molar-refractivity contribution < 1.29 is 9.21 Å². The first kappa shape index (κ1) is 18.8. The van der Waals surface area contributed by atoms with E-state index >= 15 is 0 Å². The number of carbonyl (C=O) groups excluding carboxylic acids is 1. The van der Waals surface area contributed by atoms with Crippen molar-refractivity contribution in [3.8, 4) is 11.4 Å². The van der Waals surface area contributed by atoms with Gasteiger partial charge in [-0.3, -0.25) is 4.79 Å². The van der Waals surface area contributed by atoms with Crippen LogP contribution in [0.1, 0.15) is 44.3 Å². The van der Waals surface area contributed by atoms with Gasteiger partial charge in [-0.15, -0.1) is 5.10 Å². The fourth-order valence-corrected chi connectivity index (χ4v) is 4.86. The maximum absolute atomic E-state index is 13.9. The molecule has 2 aliphatic rings. The molecule has 0 radical (unpaired) electrons. The summed E-state index contributed by atoms with van der Waals surface area (Å²) < 4.78 is 7.07. The number of aromatic nitrogens is 4. The molecule has 1 aromatic carbocycles. The summed E-state index contributed by atoms with van der Waals surface area (Å²) in [6, 6.07) is 13.6. The predicted molar refractivity (Wildman–Crippen MR) is 113 cm³/mol. The molecule has 2 atom stereocenters. The van der Waals surface area contributed by atoms with E-state index in [9.17, 15) is 4.79 Å². The molecule has 2 unspecified atom stereocenters. The van der Waals surface area contributed by atoms with E-state index in [-0.39, 0.29) is 5.91 Å². The fraction of sp³-hybridized carbons (Fsp3) is 0.391. The summed E-state index contributed by atoms with van der Waals surface area (Å²) in [5.74, 6) is 1.71. The van der Waals surface area contributed by atoms with Gasteiger partial charge in [0.15, 0.2) is 5.82 Å². The van der Waals surface area contributed by atoms with Crippen LogP contribution in [0, 0.1) is 5.92 Å². The average molecular weight is 403 g/mol. The van der Waals surface area contributed by atoms with Crippen LogP contribution < -0.4 is 0 Å². The Bertz CT molecular complexity index is 1020. The van der Waals surface area contributed by atoms with Crippen LogP contribution in [0.25, 0.3) is 23.2 Å². The number of hydrogen-bond donors (Lipinski definition) is 0. The van der Waals surface area contributed by atoms with Crippen molar-refractivity contribution in [1.82, 2.24) is 25.1 Å². The summed E-state index contributed by atoms with van der Waals surface area (Å²) in [5.41, 5.74) is 1.27. The summed E-state index contributed by atoms with van der Waals surface area (Å²) in [6.45, 7) is 0.776. The topological polar surface area (TPSA) is 77.0 Å². The van der Waals surface area contributed by atoms with Crippen LogP contribution in [0.15, 0.2) is 53.1 Å². The molecule has 3 heterocycles. The molecular formula is C23H25N5O2. The highest BCUT2D eigenvalue weighted by atomic mass is 16.3. The number of nitrogens with zero attached hydrogens (tertiary/aromatic N) is 5. The Balaban J connectivity index is 1.56. The largest absolute Gasteiger partial charge is 0.465 e. The van der Waals surface area contributed by atoms with Crippen molar-refractivity contribution in [2.45, 2.75) is 44.6 Å². The third kappa shape index (κ3) is 3.56. The molecule has 3 aromatic rings. The first-order valence-corrected chi connectivity index (χ1v) is 10.7. The number of carbonyl (C=O) groups is 1.